The van der Waals surface area contributed by atoms with Gasteiger partial charge in [0.25, 0.3) is 0 Å². The van der Waals surface area contributed by atoms with Crippen molar-refractivity contribution < 1.29 is 0 Å². The van der Waals surface area contributed by atoms with Crippen LogP contribution < -0.4 is 20.7 Å². The van der Waals surface area contributed by atoms with Crippen molar-refractivity contribution >= 4 is 89.8 Å². The fraction of sp³-hybridized carbons (Fsp3) is 0.123. The van der Waals surface area contributed by atoms with Crippen LogP contribution in [-0.4, -0.2) is 7.05 Å². The second kappa shape index (κ2) is 11.6. The van der Waals surface area contributed by atoms with Crippen LogP contribution in [0.5, 0.6) is 0 Å². The highest BCUT2D eigenvalue weighted by molar-refractivity contribution is 6.25. The Morgan fingerprint density at radius 1 is 0.424 bits per heavy atom. The first-order valence-electron chi connectivity index (χ1n) is 20.8. The van der Waals surface area contributed by atoms with E-state index in [-0.39, 0.29) is 10.8 Å². The Morgan fingerprint density at radius 3 is 1.69 bits per heavy atom. The highest BCUT2D eigenvalue weighted by Gasteiger charge is 2.40. The van der Waals surface area contributed by atoms with Gasteiger partial charge in [0, 0.05) is 40.6 Å². The number of nitrogens with zero attached hydrogens (tertiary/aromatic N) is 1. The first-order valence-corrected chi connectivity index (χ1v) is 20.8. The maximum atomic E-state index is 4.46. The number of nitrogens with one attached hydrogen (secondary N) is 1. The average molecular weight is 757 g/mol. The molecule has 1 N–H and O–H groups in total. The molecule has 0 atom stereocenters. The molecule has 2 aliphatic heterocycles. The molecule has 10 aromatic carbocycles. The summed E-state index contributed by atoms with van der Waals surface area (Å²) in [6.07, 6.45) is 0. The largest absolute Gasteiger partial charge is 0.355 e. The molecule has 0 unspecified atom stereocenters. The molecule has 0 amide bonds. The standard InChI is InChI=1S/C57H44N2/c1-32-10-8-11-34-18-24-42-40(22-14-33(2)53(42)52(32)34)38-20-26-48-44(28-38)56(3,4)45-31-51-47(30-49(45)58-48)57(5,6)46-29-39(21-27-50(46)59(51)7)41-23-17-37-16-15-35-12-9-13-36-19-25-43(41)55(37)54(35)36/h8-31,58H,1-2H2,3-7H3. The molecule has 10 aromatic rings. The van der Waals surface area contributed by atoms with Gasteiger partial charge in [0.15, 0.2) is 0 Å². The van der Waals surface area contributed by atoms with Crippen molar-refractivity contribution in [3.63, 3.8) is 0 Å². The van der Waals surface area contributed by atoms with E-state index in [2.05, 4.69) is 204 Å². The molecule has 0 aliphatic carbocycles. The van der Waals surface area contributed by atoms with Gasteiger partial charge in [-0.2, -0.15) is 0 Å². The molecular weight excluding hydrogens is 713 g/mol. The topological polar surface area (TPSA) is 15.3 Å². The van der Waals surface area contributed by atoms with Crippen LogP contribution in [0, 0.1) is 0 Å². The maximum absolute atomic E-state index is 4.46. The lowest BCUT2D eigenvalue weighted by Crippen LogP contribution is -2.33. The van der Waals surface area contributed by atoms with Crippen molar-refractivity contribution in [3.05, 3.63) is 178 Å². The molecule has 2 heterocycles. The van der Waals surface area contributed by atoms with Gasteiger partial charge in [-0.25, -0.2) is 0 Å². The molecule has 0 spiro atoms. The van der Waals surface area contributed by atoms with Crippen LogP contribution in [0.25, 0.3) is 89.3 Å². The van der Waals surface area contributed by atoms with Crippen LogP contribution in [0.3, 0.4) is 0 Å². The van der Waals surface area contributed by atoms with Crippen LogP contribution in [0.1, 0.15) is 49.9 Å². The van der Waals surface area contributed by atoms with Crippen LogP contribution in [0.2, 0.25) is 0 Å². The third kappa shape index (κ3) is 4.57. The SMILES string of the molecule is C=c1cccc2ccc3c(-c4ccc5c(c4)C(C)(C)c4cc6c(cc4N5)C(C)(C)c4cc(-c5ccc7ccc8cccc9ccc5c7c89)ccc4N6C)ccc(=C)c3c12. The van der Waals surface area contributed by atoms with E-state index in [0.29, 0.717) is 0 Å². The van der Waals surface area contributed by atoms with Crippen LogP contribution in [0.4, 0.5) is 22.7 Å². The molecular formula is C57H44N2. The van der Waals surface area contributed by atoms with E-state index < -0.39 is 0 Å². The van der Waals surface area contributed by atoms with Crippen molar-refractivity contribution in [3.8, 4) is 22.3 Å². The summed E-state index contributed by atoms with van der Waals surface area (Å²) in [4.78, 5) is 2.42. The first-order chi connectivity index (χ1) is 28.5. The monoisotopic (exact) mass is 756 g/mol. The van der Waals surface area contributed by atoms with E-state index in [0.717, 1.165) is 16.1 Å². The summed E-state index contributed by atoms with van der Waals surface area (Å²) in [5.74, 6) is 0. The Morgan fingerprint density at radius 2 is 0.949 bits per heavy atom. The quantitative estimate of drug-likeness (QED) is 0.177. The molecule has 2 heteroatoms. The summed E-state index contributed by atoms with van der Waals surface area (Å²) < 4.78 is 0. The van der Waals surface area contributed by atoms with E-state index >= 15 is 0 Å². The molecule has 0 radical (unpaired) electrons. The van der Waals surface area contributed by atoms with Gasteiger partial charge in [0.1, 0.15) is 0 Å². The number of hydrogen-bond donors (Lipinski definition) is 1. The van der Waals surface area contributed by atoms with Crippen molar-refractivity contribution in [1.29, 1.82) is 0 Å². The number of fused-ring (bicyclic) bond motifs is 7. The third-order valence-corrected chi connectivity index (χ3v) is 14.2. The predicted molar refractivity (Wildman–Crippen MR) is 255 cm³/mol. The second-order valence-electron chi connectivity index (χ2n) is 18.1. The molecule has 0 aromatic heterocycles. The van der Waals surface area contributed by atoms with Gasteiger partial charge in [0.05, 0.1) is 0 Å². The Labute approximate surface area is 344 Å². The highest BCUT2D eigenvalue weighted by Crippen LogP contribution is 2.55. The average Bonchev–Trinajstić information content (AvgIpc) is 3.24. The summed E-state index contributed by atoms with van der Waals surface area (Å²) in [6, 6.07) is 54.6. The summed E-state index contributed by atoms with van der Waals surface area (Å²) in [6.45, 7) is 18.4. The van der Waals surface area contributed by atoms with Crippen LogP contribution in [-0.2, 0) is 10.8 Å². The lowest BCUT2D eigenvalue weighted by Gasteiger charge is -2.44. The summed E-state index contributed by atoms with van der Waals surface area (Å²) in [7, 11) is 2.24. The minimum Gasteiger partial charge on any atom is -0.355 e. The fourth-order valence-corrected chi connectivity index (χ4v) is 11.0. The smallest absolute Gasteiger partial charge is 0.0454 e. The van der Waals surface area contributed by atoms with E-state index in [9.17, 15) is 0 Å². The summed E-state index contributed by atoms with van der Waals surface area (Å²) in [5.41, 5.74) is 14.6. The molecule has 0 fully saturated rings. The van der Waals surface area contributed by atoms with E-state index in [1.54, 1.807) is 0 Å². The Bertz CT molecular complexity index is 3570. The molecule has 0 saturated carbocycles. The minimum atomic E-state index is -0.250. The van der Waals surface area contributed by atoms with Crippen molar-refractivity contribution in [2.75, 3.05) is 17.3 Å². The van der Waals surface area contributed by atoms with E-state index in [4.69, 9.17) is 0 Å². The van der Waals surface area contributed by atoms with Crippen LogP contribution >= 0.6 is 0 Å². The first kappa shape index (κ1) is 34.2. The zero-order chi connectivity index (χ0) is 40.1. The van der Waals surface area contributed by atoms with Crippen molar-refractivity contribution in [1.82, 2.24) is 0 Å². The van der Waals surface area contributed by atoms with Gasteiger partial charge < -0.3 is 10.2 Å². The Kier molecular flexibility index (Phi) is 6.72. The number of rotatable bonds is 2. The third-order valence-electron chi connectivity index (χ3n) is 14.2. The molecule has 0 bridgehead atoms. The van der Waals surface area contributed by atoms with E-state index in [1.807, 2.05) is 0 Å². The van der Waals surface area contributed by atoms with Crippen molar-refractivity contribution in [2.24, 2.45) is 0 Å². The molecule has 282 valence electrons. The van der Waals surface area contributed by atoms with Crippen molar-refractivity contribution in [2.45, 2.75) is 38.5 Å². The lowest BCUT2D eigenvalue weighted by atomic mass is 9.69. The number of hydrogen-bond acceptors (Lipinski definition) is 2. The van der Waals surface area contributed by atoms with Crippen LogP contribution in [0.15, 0.2) is 146 Å². The van der Waals surface area contributed by atoms with Gasteiger partial charge in [-0.3, -0.25) is 0 Å². The molecule has 2 nitrogen and oxygen atoms in total. The number of benzene rings is 10. The lowest BCUT2D eigenvalue weighted by molar-refractivity contribution is 0.617. The van der Waals surface area contributed by atoms with Gasteiger partial charge >= 0.3 is 0 Å². The summed E-state index contributed by atoms with van der Waals surface area (Å²) in [5, 5.41) is 18.7. The van der Waals surface area contributed by atoms with Gasteiger partial charge in [-0.1, -0.05) is 150 Å². The fourth-order valence-electron chi connectivity index (χ4n) is 11.0. The maximum Gasteiger partial charge on any atom is 0.0454 e. The second-order valence-corrected chi connectivity index (χ2v) is 18.1. The van der Waals surface area contributed by atoms with Gasteiger partial charge in [-0.05, 0) is 145 Å². The van der Waals surface area contributed by atoms with E-state index in [1.165, 1.54) is 115 Å². The van der Waals surface area contributed by atoms with Gasteiger partial charge in [-0.15, -0.1) is 0 Å². The van der Waals surface area contributed by atoms with Gasteiger partial charge in [0.2, 0.25) is 0 Å². The summed E-state index contributed by atoms with van der Waals surface area (Å²) >= 11 is 0. The molecule has 2 aliphatic rings. The molecule has 0 saturated heterocycles. The minimum absolute atomic E-state index is 0.235. The zero-order valence-electron chi connectivity index (χ0n) is 34.2. The highest BCUT2D eigenvalue weighted by atomic mass is 15.1. The normalized spacial score (nSPS) is 15.0. The molecule has 12 rings (SSSR count). The molecule has 59 heavy (non-hydrogen) atoms. The Hall–Kier alpha value is -6.90. The number of anilines is 4. The Balaban J connectivity index is 0.961. The predicted octanol–water partition coefficient (Wildman–Crippen LogP) is 13.8. The zero-order valence-corrected chi connectivity index (χ0v) is 34.2.